The molecule has 3 aromatic carbocycles. The molecule has 4 rings (SSSR count). The van der Waals surface area contributed by atoms with Crippen LogP contribution in [-0.4, -0.2) is 34.1 Å². The zero-order chi connectivity index (χ0) is 21.8. The van der Waals surface area contributed by atoms with Gasteiger partial charge in [-0.2, -0.15) is 0 Å². The van der Waals surface area contributed by atoms with Gasteiger partial charge in [0.15, 0.2) is 5.82 Å². The lowest BCUT2D eigenvalue weighted by Gasteiger charge is -2.16. The third kappa shape index (κ3) is 4.07. The van der Waals surface area contributed by atoms with Gasteiger partial charge >= 0.3 is 6.01 Å². The molecule has 0 bridgehead atoms. The number of benzene rings is 3. The quantitative estimate of drug-likeness (QED) is 0.475. The van der Waals surface area contributed by atoms with Crippen LogP contribution in [0.15, 0.2) is 66.7 Å². The molecule has 7 heteroatoms. The number of aromatic hydroxyl groups is 1. The summed E-state index contributed by atoms with van der Waals surface area (Å²) in [6, 6.07) is 19.5. The van der Waals surface area contributed by atoms with Gasteiger partial charge in [0.25, 0.3) is 0 Å². The minimum atomic E-state index is -0.504. The molecule has 0 saturated heterocycles. The summed E-state index contributed by atoms with van der Waals surface area (Å²) >= 11 is 0. The van der Waals surface area contributed by atoms with E-state index in [4.69, 9.17) is 9.47 Å². The second kappa shape index (κ2) is 8.87. The number of nitrogens with zero attached hydrogens (tertiary/aromatic N) is 3. The van der Waals surface area contributed by atoms with Crippen LogP contribution in [0.3, 0.4) is 0 Å². The van der Waals surface area contributed by atoms with E-state index < -0.39 is 11.8 Å². The number of rotatable bonds is 7. The van der Waals surface area contributed by atoms with Crippen LogP contribution >= 0.6 is 0 Å². The van der Waals surface area contributed by atoms with E-state index >= 15 is 0 Å². The number of halogens is 1. The second-order valence-electron chi connectivity index (χ2n) is 6.96. The zero-order valence-corrected chi connectivity index (χ0v) is 17.2. The highest BCUT2D eigenvalue weighted by Crippen LogP contribution is 2.38. The summed E-state index contributed by atoms with van der Waals surface area (Å²) in [4.78, 5) is 0. The van der Waals surface area contributed by atoms with E-state index in [1.165, 1.54) is 23.3 Å². The summed E-state index contributed by atoms with van der Waals surface area (Å²) in [5.41, 5.74) is 2.85. The first-order valence-electron chi connectivity index (χ1n) is 9.81. The van der Waals surface area contributed by atoms with E-state index in [0.717, 1.165) is 12.0 Å². The molecular weight excluding hydrogens is 397 g/mol. The molecule has 0 aliphatic heterocycles. The Morgan fingerprint density at radius 2 is 1.58 bits per heavy atom. The van der Waals surface area contributed by atoms with Crippen molar-refractivity contribution in [2.45, 2.75) is 12.8 Å². The van der Waals surface area contributed by atoms with Gasteiger partial charge in [-0.15, -0.1) is 5.10 Å². The van der Waals surface area contributed by atoms with Crippen molar-refractivity contribution in [3.05, 3.63) is 83.7 Å². The van der Waals surface area contributed by atoms with Crippen LogP contribution in [0.4, 0.5) is 4.39 Å². The molecule has 0 unspecified atom stereocenters. The number of hydrogen-bond donors (Lipinski definition) is 1. The number of hydrogen-bond acceptors (Lipinski definition) is 5. The molecule has 0 radical (unpaired) electrons. The van der Waals surface area contributed by atoms with E-state index in [9.17, 15) is 9.50 Å². The Morgan fingerprint density at radius 3 is 2.29 bits per heavy atom. The van der Waals surface area contributed by atoms with E-state index in [1.807, 2.05) is 24.3 Å². The van der Waals surface area contributed by atoms with Gasteiger partial charge in [0.2, 0.25) is 0 Å². The predicted octanol–water partition coefficient (Wildman–Crippen LogP) is 4.58. The van der Waals surface area contributed by atoms with Gasteiger partial charge in [-0.3, -0.25) is 0 Å². The number of methoxy groups -OCH3 is 2. The summed E-state index contributed by atoms with van der Waals surface area (Å²) < 4.78 is 26.9. The summed E-state index contributed by atoms with van der Waals surface area (Å²) in [6.07, 6.45) is 1.53. The third-order valence-electron chi connectivity index (χ3n) is 5.11. The van der Waals surface area contributed by atoms with Gasteiger partial charge in [-0.25, -0.2) is 8.96 Å². The fourth-order valence-corrected chi connectivity index (χ4v) is 3.56. The Kier molecular flexibility index (Phi) is 5.84. The highest BCUT2D eigenvalue weighted by atomic mass is 19.1. The smallest absolute Gasteiger partial charge is 0.319 e. The van der Waals surface area contributed by atoms with Crippen LogP contribution in [0.2, 0.25) is 0 Å². The van der Waals surface area contributed by atoms with Crippen molar-refractivity contribution in [2.75, 3.05) is 14.2 Å². The fourth-order valence-electron chi connectivity index (χ4n) is 3.56. The molecule has 31 heavy (non-hydrogen) atoms. The first-order valence-corrected chi connectivity index (χ1v) is 9.81. The Balaban J connectivity index is 1.81. The standard InChI is InChI=1S/C24H22FN3O3/c1-30-21-15-22(31-2)18(14-17(21)13-12-16-8-4-3-5-9-16)23-26-27-24(29)28(23)20-11-7-6-10-19(20)25/h3-11,14-15H,12-13H2,1-2H3,(H,27,29). The lowest BCUT2D eigenvalue weighted by Crippen LogP contribution is -2.03. The average molecular weight is 419 g/mol. The SMILES string of the molecule is COc1cc(OC)c(-c2nnc(O)n2-c2ccccc2F)cc1CCc1ccccc1. The summed E-state index contributed by atoms with van der Waals surface area (Å²) in [5, 5.41) is 18.2. The first kappa shape index (κ1) is 20.4. The molecule has 0 aliphatic rings. The maximum Gasteiger partial charge on any atom is 0.319 e. The summed E-state index contributed by atoms with van der Waals surface area (Å²) in [6.45, 7) is 0. The molecule has 0 atom stereocenters. The molecule has 0 amide bonds. The molecule has 1 N–H and O–H groups in total. The minimum absolute atomic E-state index is 0.142. The molecule has 0 aliphatic carbocycles. The average Bonchev–Trinajstić information content (AvgIpc) is 3.19. The number of aryl methyl sites for hydroxylation is 2. The third-order valence-corrected chi connectivity index (χ3v) is 5.11. The van der Waals surface area contributed by atoms with Gasteiger partial charge < -0.3 is 14.6 Å². The number of para-hydroxylation sites is 1. The Bertz CT molecular complexity index is 1190. The van der Waals surface area contributed by atoms with E-state index in [1.54, 1.807) is 31.4 Å². The fraction of sp³-hybridized carbons (Fsp3) is 0.167. The molecule has 158 valence electrons. The monoisotopic (exact) mass is 419 g/mol. The Hall–Kier alpha value is -3.87. The van der Waals surface area contributed by atoms with Gasteiger partial charge in [0.05, 0.1) is 25.5 Å². The van der Waals surface area contributed by atoms with Gasteiger partial charge in [-0.05, 0) is 42.2 Å². The highest BCUT2D eigenvalue weighted by molar-refractivity contribution is 5.70. The molecule has 0 spiro atoms. The van der Waals surface area contributed by atoms with Gasteiger partial charge in [0, 0.05) is 6.07 Å². The molecular formula is C24H22FN3O3. The lowest BCUT2D eigenvalue weighted by molar-refractivity contribution is 0.391. The molecule has 0 saturated carbocycles. The van der Waals surface area contributed by atoms with Crippen LogP contribution < -0.4 is 9.47 Å². The predicted molar refractivity (Wildman–Crippen MR) is 115 cm³/mol. The number of ether oxygens (including phenoxy) is 2. The van der Waals surface area contributed by atoms with Crippen LogP contribution in [0.5, 0.6) is 17.5 Å². The molecule has 6 nitrogen and oxygen atoms in total. The van der Waals surface area contributed by atoms with Crippen molar-refractivity contribution in [1.82, 2.24) is 14.8 Å². The van der Waals surface area contributed by atoms with Crippen LogP contribution in [0, 0.1) is 5.82 Å². The van der Waals surface area contributed by atoms with E-state index in [-0.39, 0.29) is 11.5 Å². The normalized spacial score (nSPS) is 10.8. The van der Waals surface area contributed by atoms with Gasteiger partial charge in [0.1, 0.15) is 17.3 Å². The summed E-state index contributed by atoms with van der Waals surface area (Å²) in [5.74, 6) is 0.918. The van der Waals surface area contributed by atoms with Gasteiger partial charge in [-0.1, -0.05) is 47.6 Å². The lowest BCUT2D eigenvalue weighted by atomic mass is 10.0. The Labute approximate surface area is 179 Å². The van der Waals surface area contributed by atoms with Crippen molar-refractivity contribution < 1.29 is 19.0 Å². The van der Waals surface area contributed by atoms with E-state index in [2.05, 4.69) is 22.3 Å². The minimum Gasteiger partial charge on any atom is -0.496 e. The zero-order valence-electron chi connectivity index (χ0n) is 17.2. The molecule has 1 heterocycles. The van der Waals surface area contributed by atoms with Crippen LogP contribution in [0.1, 0.15) is 11.1 Å². The van der Waals surface area contributed by atoms with Crippen molar-refractivity contribution in [3.63, 3.8) is 0 Å². The van der Waals surface area contributed by atoms with Crippen LogP contribution in [0.25, 0.3) is 17.1 Å². The maximum absolute atomic E-state index is 14.5. The maximum atomic E-state index is 14.5. The molecule has 4 aromatic rings. The van der Waals surface area contributed by atoms with Crippen molar-refractivity contribution in [1.29, 1.82) is 0 Å². The largest absolute Gasteiger partial charge is 0.496 e. The van der Waals surface area contributed by atoms with Crippen molar-refractivity contribution in [3.8, 4) is 34.6 Å². The number of aromatic nitrogens is 3. The highest BCUT2D eigenvalue weighted by Gasteiger charge is 2.22. The van der Waals surface area contributed by atoms with Crippen molar-refractivity contribution in [2.24, 2.45) is 0 Å². The summed E-state index contributed by atoms with van der Waals surface area (Å²) in [7, 11) is 3.14. The Morgan fingerprint density at radius 1 is 0.871 bits per heavy atom. The van der Waals surface area contributed by atoms with Crippen LogP contribution in [-0.2, 0) is 12.8 Å². The van der Waals surface area contributed by atoms with Crippen molar-refractivity contribution >= 4 is 0 Å². The van der Waals surface area contributed by atoms with E-state index in [0.29, 0.717) is 23.5 Å². The molecule has 1 aromatic heterocycles. The molecule has 0 fully saturated rings. The first-order chi connectivity index (χ1) is 15.1. The topological polar surface area (TPSA) is 69.4 Å². The second-order valence-corrected chi connectivity index (χ2v) is 6.96.